The summed E-state index contributed by atoms with van der Waals surface area (Å²) in [6, 6.07) is 6.27. The fraction of sp³-hybridized carbons (Fsp3) is 0.278. The number of carbonyl (C=O) groups excluding carboxylic acids is 1. The average Bonchev–Trinajstić information content (AvgIpc) is 2.61. The van der Waals surface area contributed by atoms with Crippen molar-refractivity contribution >= 4 is 22.8 Å². The Hall–Kier alpha value is -2.93. The zero-order valence-corrected chi connectivity index (χ0v) is 13.7. The number of ether oxygens (including phenoxy) is 1. The van der Waals surface area contributed by atoms with Gasteiger partial charge in [0.2, 0.25) is 5.43 Å². The average molecular weight is 342 g/mol. The number of aliphatic hydroxyl groups is 1. The molecule has 0 spiro atoms. The molecule has 3 N–H and O–H groups in total. The molecule has 1 aliphatic carbocycles. The summed E-state index contributed by atoms with van der Waals surface area (Å²) in [7, 11) is 0. The fourth-order valence-corrected chi connectivity index (χ4v) is 2.55. The number of carbonyl (C=O) groups is 1. The molecular weight excluding hydrogens is 324 g/mol. The Morgan fingerprint density at radius 3 is 2.92 bits per heavy atom. The van der Waals surface area contributed by atoms with Gasteiger partial charge in [-0.25, -0.2) is 9.78 Å². The van der Waals surface area contributed by atoms with E-state index in [1.807, 2.05) is 6.92 Å². The number of anilines is 1. The van der Waals surface area contributed by atoms with Gasteiger partial charge in [0.05, 0.1) is 18.9 Å². The van der Waals surface area contributed by atoms with E-state index in [-0.39, 0.29) is 35.9 Å². The summed E-state index contributed by atoms with van der Waals surface area (Å²) >= 11 is 0. The monoisotopic (exact) mass is 342 g/mol. The Morgan fingerprint density at radius 1 is 1.40 bits per heavy atom. The minimum absolute atomic E-state index is 0.100. The maximum absolute atomic E-state index is 12.4. The number of para-hydroxylation sites is 1. The van der Waals surface area contributed by atoms with Crippen LogP contribution in [-0.2, 0) is 11.3 Å². The minimum atomic E-state index is -0.711. The van der Waals surface area contributed by atoms with Crippen molar-refractivity contribution in [2.24, 2.45) is 0 Å². The van der Waals surface area contributed by atoms with Crippen molar-refractivity contribution in [3.63, 3.8) is 0 Å². The largest absolute Gasteiger partial charge is 0.462 e. The number of unbranched alkanes of at least 4 members (excludes halogenated alkanes) is 1. The number of esters is 1. The number of rotatable bonds is 5. The highest BCUT2D eigenvalue weighted by Crippen LogP contribution is 2.31. The molecule has 0 radical (unpaired) electrons. The molecule has 0 fully saturated rings. The fourth-order valence-electron chi connectivity index (χ4n) is 2.55. The molecule has 0 aromatic heterocycles. The van der Waals surface area contributed by atoms with Crippen molar-refractivity contribution in [3.8, 4) is 11.5 Å². The number of hydrogen-bond acceptors (Lipinski definition) is 7. The van der Waals surface area contributed by atoms with E-state index in [0.717, 1.165) is 6.42 Å². The number of aliphatic hydroxyl groups excluding tert-OH is 1. The van der Waals surface area contributed by atoms with E-state index in [0.29, 0.717) is 23.1 Å². The van der Waals surface area contributed by atoms with Gasteiger partial charge in [0.1, 0.15) is 16.8 Å². The van der Waals surface area contributed by atoms with Crippen LogP contribution in [0.25, 0.3) is 22.6 Å². The van der Waals surface area contributed by atoms with Gasteiger partial charge >= 0.3 is 5.97 Å². The SMILES string of the molecule is CCCCOC(=O)c1c2nc3c(CO)cccc3oc-2cc(=O)c1N. The topological polar surface area (TPSA) is 116 Å². The molecule has 1 aromatic rings. The Balaban J connectivity index is 2.24. The molecule has 0 unspecified atom stereocenters. The second-order valence-electron chi connectivity index (χ2n) is 5.64. The first kappa shape index (κ1) is 16.9. The zero-order chi connectivity index (χ0) is 18.0. The lowest BCUT2D eigenvalue weighted by Crippen LogP contribution is -2.19. The third kappa shape index (κ3) is 3.06. The van der Waals surface area contributed by atoms with E-state index in [1.54, 1.807) is 18.2 Å². The zero-order valence-electron chi connectivity index (χ0n) is 13.7. The summed E-state index contributed by atoms with van der Waals surface area (Å²) in [5.74, 6) is -0.568. The van der Waals surface area contributed by atoms with Crippen LogP contribution in [0.5, 0.6) is 0 Å². The molecule has 7 heteroatoms. The van der Waals surface area contributed by atoms with Crippen molar-refractivity contribution in [2.45, 2.75) is 26.4 Å². The molecule has 1 aromatic carbocycles. The minimum Gasteiger partial charge on any atom is -0.462 e. The maximum atomic E-state index is 12.4. The van der Waals surface area contributed by atoms with Gasteiger partial charge in [-0.3, -0.25) is 4.79 Å². The highest BCUT2D eigenvalue weighted by molar-refractivity contribution is 6.02. The van der Waals surface area contributed by atoms with Crippen molar-refractivity contribution in [1.82, 2.24) is 4.98 Å². The molecule has 3 rings (SSSR count). The number of aromatic nitrogens is 1. The van der Waals surface area contributed by atoms with Gasteiger partial charge in [-0.1, -0.05) is 25.5 Å². The molecule has 25 heavy (non-hydrogen) atoms. The van der Waals surface area contributed by atoms with Gasteiger partial charge in [0.25, 0.3) is 0 Å². The van der Waals surface area contributed by atoms with Crippen LogP contribution in [-0.4, -0.2) is 22.7 Å². The smallest absolute Gasteiger partial charge is 0.342 e. The van der Waals surface area contributed by atoms with E-state index in [2.05, 4.69) is 4.98 Å². The van der Waals surface area contributed by atoms with Crippen LogP contribution in [0.2, 0.25) is 0 Å². The summed E-state index contributed by atoms with van der Waals surface area (Å²) in [5, 5.41) is 9.48. The molecule has 7 nitrogen and oxygen atoms in total. The Labute approximate surface area is 143 Å². The molecule has 2 aliphatic rings. The molecule has 0 bridgehead atoms. The first-order valence-electron chi connectivity index (χ1n) is 7.99. The highest BCUT2D eigenvalue weighted by atomic mass is 16.5. The van der Waals surface area contributed by atoms with Crippen molar-refractivity contribution in [2.75, 3.05) is 12.3 Å². The molecule has 0 saturated carbocycles. The van der Waals surface area contributed by atoms with E-state index < -0.39 is 11.4 Å². The van der Waals surface area contributed by atoms with Gasteiger partial charge in [0, 0.05) is 11.6 Å². The summed E-state index contributed by atoms with van der Waals surface area (Å²) < 4.78 is 10.9. The normalized spacial score (nSPS) is 11.1. The third-order valence-corrected chi connectivity index (χ3v) is 3.90. The lowest BCUT2D eigenvalue weighted by Gasteiger charge is -2.13. The van der Waals surface area contributed by atoms with Crippen LogP contribution in [0.3, 0.4) is 0 Å². The molecule has 0 amide bonds. The lowest BCUT2D eigenvalue weighted by molar-refractivity contribution is 0.0501. The summed E-state index contributed by atoms with van der Waals surface area (Å²) in [6.45, 7) is 1.96. The summed E-state index contributed by atoms with van der Waals surface area (Å²) in [5.41, 5.74) is 6.45. The van der Waals surface area contributed by atoms with Gasteiger partial charge in [-0.2, -0.15) is 0 Å². The van der Waals surface area contributed by atoms with Gasteiger partial charge in [0.15, 0.2) is 11.3 Å². The van der Waals surface area contributed by atoms with Gasteiger partial charge in [-0.05, 0) is 12.5 Å². The Kier molecular flexibility index (Phi) is 4.67. The van der Waals surface area contributed by atoms with Crippen molar-refractivity contribution < 1.29 is 19.1 Å². The van der Waals surface area contributed by atoms with Crippen LogP contribution in [0, 0.1) is 0 Å². The van der Waals surface area contributed by atoms with E-state index in [9.17, 15) is 14.7 Å². The number of benzene rings is 2. The number of nitrogens with zero attached hydrogens (tertiary/aromatic N) is 1. The number of fused-ring (bicyclic) bond motifs is 2. The molecule has 0 saturated heterocycles. The summed E-state index contributed by atoms with van der Waals surface area (Å²) in [4.78, 5) is 28.9. The molecule has 1 aliphatic heterocycles. The first-order valence-corrected chi connectivity index (χ1v) is 7.99. The van der Waals surface area contributed by atoms with Crippen LogP contribution < -0.4 is 11.2 Å². The predicted molar refractivity (Wildman–Crippen MR) is 92.4 cm³/mol. The van der Waals surface area contributed by atoms with E-state index in [1.165, 1.54) is 6.07 Å². The van der Waals surface area contributed by atoms with Crippen LogP contribution in [0.1, 0.15) is 35.7 Å². The summed E-state index contributed by atoms with van der Waals surface area (Å²) in [6.07, 6.45) is 1.57. The quantitative estimate of drug-likeness (QED) is 0.316. The van der Waals surface area contributed by atoms with E-state index in [4.69, 9.17) is 14.9 Å². The van der Waals surface area contributed by atoms with E-state index >= 15 is 0 Å². The van der Waals surface area contributed by atoms with Gasteiger partial charge in [-0.15, -0.1) is 0 Å². The maximum Gasteiger partial charge on any atom is 0.342 e. The third-order valence-electron chi connectivity index (χ3n) is 3.90. The lowest BCUT2D eigenvalue weighted by atomic mass is 10.1. The predicted octanol–water partition coefficient (Wildman–Crippen LogP) is 2.32. The van der Waals surface area contributed by atoms with Crippen LogP contribution in [0.4, 0.5) is 5.69 Å². The molecule has 0 atom stereocenters. The molecular formula is C18H18N2O5. The van der Waals surface area contributed by atoms with Crippen LogP contribution in [0.15, 0.2) is 33.5 Å². The highest BCUT2D eigenvalue weighted by Gasteiger charge is 2.26. The standard InChI is InChI=1S/C18H18N2O5/c1-2-3-7-24-18(23)14-15(19)11(22)8-13-17(14)20-16-10(9-21)5-4-6-12(16)25-13/h4-6,8,21H,2-3,7,9,19H2,1H3. The molecule has 1 heterocycles. The Morgan fingerprint density at radius 2 is 2.20 bits per heavy atom. The number of nitrogen functional groups attached to an aromatic ring is 1. The molecule has 130 valence electrons. The second-order valence-corrected chi connectivity index (χ2v) is 5.64. The first-order chi connectivity index (χ1) is 12.1. The van der Waals surface area contributed by atoms with Crippen molar-refractivity contribution in [1.29, 1.82) is 0 Å². The number of nitrogens with two attached hydrogens (primary N) is 1. The van der Waals surface area contributed by atoms with Crippen molar-refractivity contribution in [3.05, 3.63) is 45.6 Å². The number of hydrogen-bond donors (Lipinski definition) is 2. The van der Waals surface area contributed by atoms with Gasteiger partial charge < -0.3 is 20.0 Å². The second kappa shape index (κ2) is 6.90. The Bertz CT molecular complexity index is 964. The van der Waals surface area contributed by atoms with Crippen LogP contribution >= 0.6 is 0 Å².